The van der Waals surface area contributed by atoms with Gasteiger partial charge in [-0.25, -0.2) is 23.5 Å². The molecular weight excluding hydrogens is 739 g/mol. The molecule has 0 aromatic carbocycles. The Bertz CT molecular complexity index is 2410. The molecule has 4 aliphatic heterocycles. The summed E-state index contributed by atoms with van der Waals surface area (Å²) in [5.74, 6) is 0.766. The summed E-state index contributed by atoms with van der Waals surface area (Å²) in [7, 11) is 0. The van der Waals surface area contributed by atoms with Crippen LogP contribution >= 0.6 is 0 Å². The van der Waals surface area contributed by atoms with Crippen LogP contribution in [0.4, 0.5) is 48.0 Å². The quantitative estimate of drug-likeness (QED) is 0.162. The number of aromatic nitrogens is 6. The van der Waals surface area contributed by atoms with E-state index < -0.39 is 11.6 Å². The second-order valence-electron chi connectivity index (χ2n) is 14.8. The molecule has 2 saturated heterocycles. The summed E-state index contributed by atoms with van der Waals surface area (Å²) < 4.78 is 25.5. The first-order chi connectivity index (χ1) is 28.2. The highest BCUT2D eigenvalue weighted by molar-refractivity contribution is 6.04. The average molecular weight is 783 g/mol. The molecule has 0 aliphatic carbocycles. The summed E-state index contributed by atoms with van der Waals surface area (Å²) in [5, 5.41) is 6.37. The molecule has 13 nitrogen and oxygen atoms in total. The SMILES string of the molecule is Cc1cc(-c2ccc3c(n2)N(C(=O)Nc2cncc(F)c2)[C@H]2CCCN3C2)ccn1.Cc1cc(-c2ccc3c(n2)N[C@H]2CCCN3C2)ccn1.Nc1cncc(F)c1. The molecule has 0 spiro atoms. The van der Waals surface area contributed by atoms with Crippen LogP contribution in [0.3, 0.4) is 0 Å². The Balaban J connectivity index is 0.000000143. The summed E-state index contributed by atoms with van der Waals surface area (Å²) >= 11 is 0. The Labute approximate surface area is 335 Å². The van der Waals surface area contributed by atoms with E-state index in [1.807, 2.05) is 50.4 Å². The van der Waals surface area contributed by atoms with Crippen molar-refractivity contribution in [3.8, 4) is 22.5 Å². The summed E-state index contributed by atoms with van der Waals surface area (Å²) in [6, 6.07) is 19.0. The van der Waals surface area contributed by atoms with Crippen LogP contribution in [0.15, 0.2) is 97.8 Å². The molecule has 4 aliphatic rings. The molecule has 15 heteroatoms. The molecule has 2 atom stereocenters. The van der Waals surface area contributed by atoms with Crippen LogP contribution in [0.25, 0.3) is 22.5 Å². The van der Waals surface area contributed by atoms with Gasteiger partial charge in [0.2, 0.25) is 0 Å². The largest absolute Gasteiger partial charge is 0.397 e. The van der Waals surface area contributed by atoms with Crippen molar-refractivity contribution >= 4 is 40.4 Å². The van der Waals surface area contributed by atoms with Gasteiger partial charge in [0.25, 0.3) is 0 Å². The van der Waals surface area contributed by atoms with E-state index >= 15 is 0 Å². The molecular formula is C43H44F2N12O. The third-order valence-corrected chi connectivity index (χ3v) is 10.4. The maximum Gasteiger partial charge on any atom is 0.327 e. The molecule has 0 radical (unpaired) electrons. The van der Waals surface area contributed by atoms with Gasteiger partial charge in [-0.3, -0.25) is 24.8 Å². The minimum absolute atomic E-state index is 0.00898. The molecule has 58 heavy (non-hydrogen) atoms. The second-order valence-corrected chi connectivity index (χ2v) is 14.8. The van der Waals surface area contributed by atoms with Crippen molar-refractivity contribution in [2.24, 2.45) is 0 Å². The zero-order chi connectivity index (χ0) is 40.2. The van der Waals surface area contributed by atoms with E-state index in [2.05, 4.69) is 58.6 Å². The lowest BCUT2D eigenvalue weighted by Gasteiger charge is -2.45. The number of nitrogens with one attached hydrogen (secondary N) is 2. The number of nitrogen functional groups attached to an aromatic ring is 1. The van der Waals surface area contributed by atoms with Crippen molar-refractivity contribution in [2.45, 2.75) is 51.6 Å². The van der Waals surface area contributed by atoms with Crippen molar-refractivity contribution in [1.82, 2.24) is 29.9 Å². The van der Waals surface area contributed by atoms with Gasteiger partial charge in [0, 0.05) is 79.4 Å². The molecule has 296 valence electrons. The lowest BCUT2D eigenvalue weighted by molar-refractivity contribution is 0.252. The van der Waals surface area contributed by atoms with Gasteiger partial charge in [0.05, 0.1) is 58.8 Å². The van der Waals surface area contributed by atoms with Crippen molar-refractivity contribution in [3.63, 3.8) is 0 Å². The van der Waals surface area contributed by atoms with E-state index in [9.17, 15) is 13.6 Å². The first-order valence-electron chi connectivity index (χ1n) is 19.4. The van der Waals surface area contributed by atoms with E-state index in [0.29, 0.717) is 23.2 Å². The van der Waals surface area contributed by atoms with Gasteiger partial charge < -0.3 is 26.2 Å². The van der Waals surface area contributed by atoms with Crippen LogP contribution in [-0.4, -0.2) is 74.2 Å². The second kappa shape index (κ2) is 16.8. The topological polar surface area (TPSA) is 154 Å². The van der Waals surface area contributed by atoms with E-state index in [1.165, 1.54) is 43.1 Å². The van der Waals surface area contributed by atoms with Crippen LogP contribution in [-0.2, 0) is 0 Å². The van der Waals surface area contributed by atoms with Gasteiger partial charge in [-0.1, -0.05) is 0 Å². The number of carbonyl (C=O) groups is 1. The molecule has 6 aromatic heterocycles. The minimum atomic E-state index is -0.496. The molecule has 10 rings (SSSR count). The zero-order valence-corrected chi connectivity index (χ0v) is 32.3. The van der Waals surface area contributed by atoms with Crippen LogP contribution < -0.4 is 31.1 Å². The van der Waals surface area contributed by atoms with Gasteiger partial charge >= 0.3 is 6.03 Å². The number of halogens is 2. The number of piperidine rings is 2. The standard InChI is InChI=1S/C22H21FN6O.C16H18N4.C5H5FN2/c1-14-9-15(6-7-25-14)19-4-5-20-21(27-19)29(18-3-2-8-28(20)13-18)22(30)26-17-10-16(23)11-24-12-17;1-11-9-12(6-7-17-11)14-4-5-15-16(19-14)18-13-3-2-8-20(15)10-13;6-4-1-5(7)3-8-2-4/h4-7,9-12,18H,2-3,8,13H2,1H3,(H,26,30);4-7,9,13H,2-3,8,10H2,1H3,(H,18,19);1-3H,7H2/t18-;13-;/m00./s1. The molecule has 0 unspecified atom stereocenters. The van der Waals surface area contributed by atoms with Crippen molar-refractivity contribution in [1.29, 1.82) is 0 Å². The third-order valence-electron chi connectivity index (χ3n) is 10.4. The zero-order valence-electron chi connectivity index (χ0n) is 32.3. The minimum Gasteiger partial charge on any atom is -0.397 e. The molecule has 2 amide bonds. The number of urea groups is 1. The number of carbonyl (C=O) groups excluding carboxylic acids is 1. The normalized spacial score (nSPS) is 17.3. The molecule has 4 N–H and O–H groups in total. The Hall–Kier alpha value is -6.77. The highest BCUT2D eigenvalue weighted by Gasteiger charge is 2.38. The fourth-order valence-electron chi connectivity index (χ4n) is 7.83. The monoisotopic (exact) mass is 782 g/mol. The summed E-state index contributed by atoms with van der Waals surface area (Å²) in [5.41, 5.74) is 13.8. The number of hydrogen-bond acceptors (Lipinski definition) is 11. The van der Waals surface area contributed by atoms with Crippen LogP contribution in [0, 0.1) is 25.5 Å². The van der Waals surface area contributed by atoms with Gasteiger partial charge in [0.1, 0.15) is 11.6 Å². The number of aryl methyl sites for hydroxylation is 2. The lowest BCUT2D eigenvalue weighted by Crippen LogP contribution is -2.56. The van der Waals surface area contributed by atoms with Gasteiger partial charge in [0.15, 0.2) is 11.6 Å². The predicted molar refractivity (Wildman–Crippen MR) is 223 cm³/mol. The van der Waals surface area contributed by atoms with E-state index in [4.69, 9.17) is 15.7 Å². The van der Waals surface area contributed by atoms with Gasteiger partial charge in [-0.05, 0) is 94.1 Å². The molecule has 2 fully saturated rings. The first-order valence-corrected chi connectivity index (χ1v) is 19.4. The fourth-order valence-corrected chi connectivity index (χ4v) is 7.83. The Morgan fingerprint density at radius 2 is 1.40 bits per heavy atom. The third kappa shape index (κ3) is 8.62. The van der Waals surface area contributed by atoms with Gasteiger partial charge in [-0.2, -0.15) is 0 Å². The summed E-state index contributed by atoms with van der Waals surface area (Å²) in [6.45, 7) is 7.92. The van der Waals surface area contributed by atoms with Crippen molar-refractivity contribution < 1.29 is 13.6 Å². The number of nitrogens with two attached hydrogens (primary N) is 1. The maximum absolute atomic E-state index is 13.5. The number of anilines is 6. The summed E-state index contributed by atoms with van der Waals surface area (Å²) in [6.07, 6.45) is 13.0. The van der Waals surface area contributed by atoms with Crippen LogP contribution in [0.1, 0.15) is 37.1 Å². The van der Waals surface area contributed by atoms with E-state index in [0.717, 1.165) is 96.8 Å². The average Bonchev–Trinajstić information content (AvgIpc) is 3.21. The molecule has 4 bridgehead atoms. The molecule has 0 saturated carbocycles. The molecule has 10 heterocycles. The Morgan fingerprint density at radius 1 is 0.759 bits per heavy atom. The van der Waals surface area contributed by atoms with Crippen molar-refractivity contribution in [3.05, 3.63) is 121 Å². The van der Waals surface area contributed by atoms with Crippen LogP contribution in [0.2, 0.25) is 0 Å². The number of fused-ring (bicyclic) bond motifs is 8. The smallest absolute Gasteiger partial charge is 0.327 e. The highest BCUT2D eigenvalue weighted by Crippen LogP contribution is 2.40. The first kappa shape index (κ1) is 38.1. The number of rotatable bonds is 3. The number of amides is 2. The fraction of sp³-hybridized carbons (Fsp3) is 0.279. The Kier molecular flexibility index (Phi) is 11.0. The lowest BCUT2D eigenvalue weighted by atomic mass is 9.99. The van der Waals surface area contributed by atoms with E-state index in [1.54, 1.807) is 11.1 Å². The predicted octanol–water partition coefficient (Wildman–Crippen LogP) is 7.66. The van der Waals surface area contributed by atoms with E-state index in [-0.39, 0.29) is 12.1 Å². The summed E-state index contributed by atoms with van der Waals surface area (Å²) in [4.78, 5) is 45.2. The van der Waals surface area contributed by atoms with Crippen LogP contribution in [0.5, 0.6) is 0 Å². The highest BCUT2D eigenvalue weighted by atomic mass is 19.1. The Morgan fingerprint density at radius 3 is 2.05 bits per heavy atom. The van der Waals surface area contributed by atoms with Gasteiger partial charge in [-0.15, -0.1) is 0 Å². The number of pyridine rings is 6. The number of nitrogens with zero attached hydrogens (tertiary/aromatic N) is 9. The van der Waals surface area contributed by atoms with Crippen molar-refractivity contribution in [2.75, 3.05) is 57.2 Å². The number of hydrogen-bond donors (Lipinski definition) is 3. The maximum atomic E-state index is 13.5. The molecule has 6 aromatic rings.